The maximum absolute atomic E-state index is 4.25. The summed E-state index contributed by atoms with van der Waals surface area (Å²) in [7, 11) is 0. The Morgan fingerprint density at radius 2 is 2.05 bits per heavy atom. The van der Waals surface area contributed by atoms with Crippen LogP contribution in [-0.4, -0.2) is 21.5 Å². The molecular formula is C16H24N4. The van der Waals surface area contributed by atoms with Crippen LogP contribution in [0.15, 0.2) is 30.5 Å². The van der Waals surface area contributed by atoms with Crippen molar-refractivity contribution in [2.75, 3.05) is 6.54 Å². The molecule has 1 N–H and O–H groups in total. The predicted octanol–water partition coefficient (Wildman–Crippen LogP) is 2.97. The van der Waals surface area contributed by atoms with Crippen LogP contribution < -0.4 is 5.32 Å². The third kappa shape index (κ3) is 3.90. The van der Waals surface area contributed by atoms with Gasteiger partial charge in [-0.3, -0.25) is 0 Å². The molecule has 0 atom stereocenters. The number of rotatable bonds is 7. The van der Waals surface area contributed by atoms with E-state index in [0.717, 1.165) is 37.3 Å². The topological polar surface area (TPSA) is 42.7 Å². The minimum Gasteiger partial charge on any atom is -0.311 e. The first kappa shape index (κ1) is 14.7. The fraction of sp³-hybridized carbons (Fsp3) is 0.500. The summed E-state index contributed by atoms with van der Waals surface area (Å²) in [5.41, 5.74) is 3.44. The third-order valence-electron chi connectivity index (χ3n) is 3.16. The van der Waals surface area contributed by atoms with Crippen LogP contribution in [0.5, 0.6) is 0 Å². The first-order chi connectivity index (χ1) is 9.70. The van der Waals surface area contributed by atoms with E-state index in [-0.39, 0.29) is 0 Å². The van der Waals surface area contributed by atoms with Crippen LogP contribution in [0.3, 0.4) is 0 Å². The molecule has 108 valence electrons. The normalized spacial score (nSPS) is 11.2. The van der Waals surface area contributed by atoms with E-state index >= 15 is 0 Å². The number of hydrogen-bond acceptors (Lipinski definition) is 3. The summed E-state index contributed by atoms with van der Waals surface area (Å²) in [6, 6.07) is 8.39. The molecule has 4 nitrogen and oxygen atoms in total. The smallest absolute Gasteiger partial charge is 0.0969 e. The van der Waals surface area contributed by atoms with Crippen molar-refractivity contribution in [2.45, 2.75) is 40.2 Å². The number of para-hydroxylation sites is 1. The van der Waals surface area contributed by atoms with Gasteiger partial charge < -0.3 is 5.32 Å². The van der Waals surface area contributed by atoms with Crippen molar-refractivity contribution in [1.82, 2.24) is 20.3 Å². The average Bonchev–Trinajstić information content (AvgIpc) is 2.88. The van der Waals surface area contributed by atoms with Crippen molar-refractivity contribution in [1.29, 1.82) is 0 Å². The van der Waals surface area contributed by atoms with Crippen LogP contribution in [0.2, 0.25) is 0 Å². The van der Waals surface area contributed by atoms with Gasteiger partial charge >= 0.3 is 0 Å². The predicted molar refractivity (Wildman–Crippen MR) is 81.9 cm³/mol. The Morgan fingerprint density at radius 3 is 2.80 bits per heavy atom. The van der Waals surface area contributed by atoms with Gasteiger partial charge in [-0.25, -0.2) is 4.68 Å². The molecule has 0 radical (unpaired) electrons. The number of benzene rings is 1. The Balaban J connectivity index is 2.08. The molecule has 0 bridgehead atoms. The highest BCUT2D eigenvalue weighted by Gasteiger charge is 2.06. The first-order valence-corrected chi connectivity index (χ1v) is 7.41. The summed E-state index contributed by atoms with van der Waals surface area (Å²) in [6.07, 6.45) is 4.22. The van der Waals surface area contributed by atoms with Gasteiger partial charge in [0, 0.05) is 6.54 Å². The fourth-order valence-electron chi connectivity index (χ4n) is 2.20. The van der Waals surface area contributed by atoms with Crippen LogP contribution >= 0.6 is 0 Å². The van der Waals surface area contributed by atoms with Crippen LogP contribution in [0.4, 0.5) is 0 Å². The summed E-state index contributed by atoms with van der Waals surface area (Å²) in [6.45, 7) is 8.36. The molecule has 0 aliphatic heterocycles. The molecule has 0 fully saturated rings. The van der Waals surface area contributed by atoms with E-state index in [1.165, 1.54) is 5.56 Å². The zero-order chi connectivity index (χ0) is 14.4. The Hall–Kier alpha value is -1.68. The van der Waals surface area contributed by atoms with Crippen molar-refractivity contribution >= 4 is 0 Å². The quantitative estimate of drug-likeness (QED) is 0.842. The summed E-state index contributed by atoms with van der Waals surface area (Å²) in [5.74, 6) is 0.648. The highest BCUT2D eigenvalue weighted by Crippen LogP contribution is 2.15. The largest absolute Gasteiger partial charge is 0.311 e. The molecule has 0 aliphatic carbocycles. The first-order valence-electron chi connectivity index (χ1n) is 7.41. The lowest BCUT2D eigenvalue weighted by Crippen LogP contribution is -2.19. The van der Waals surface area contributed by atoms with Crippen molar-refractivity contribution in [3.8, 4) is 5.69 Å². The van der Waals surface area contributed by atoms with Gasteiger partial charge in [-0.05, 0) is 30.5 Å². The molecular weight excluding hydrogens is 248 g/mol. The van der Waals surface area contributed by atoms with Crippen LogP contribution in [0.1, 0.15) is 38.4 Å². The molecule has 0 spiro atoms. The van der Waals surface area contributed by atoms with Gasteiger partial charge in [-0.1, -0.05) is 50.6 Å². The second-order valence-corrected chi connectivity index (χ2v) is 5.56. The maximum atomic E-state index is 4.25. The van der Waals surface area contributed by atoms with Crippen molar-refractivity contribution in [3.05, 3.63) is 41.7 Å². The molecule has 2 rings (SSSR count). The Kier molecular flexibility index (Phi) is 5.30. The van der Waals surface area contributed by atoms with Gasteiger partial charge in [0.05, 0.1) is 17.6 Å². The fourth-order valence-corrected chi connectivity index (χ4v) is 2.20. The lowest BCUT2D eigenvalue weighted by atomic mass is 10.1. The van der Waals surface area contributed by atoms with Crippen LogP contribution in [0.25, 0.3) is 5.69 Å². The van der Waals surface area contributed by atoms with Crippen molar-refractivity contribution in [3.63, 3.8) is 0 Å². The number of nitrogens with zero attached hydrogens (tertiary/aromatic N) is 3. The molecule has 0 amide bonds. The highest BCUT2D eigenvalue weighted by atomic mass is 15.4. The SMILES string of the molecule is CCCc1ccccc1-n1cc(CNCC(C)C)nn1. The van der Waals surface area contributed by atoms with Gasteiger partial charge in [-0.2, -0.15) is 0 Å². The highest BCUT2D eigenvalue weighted by molar-refractivity contribution is 5.40. The lowest BCUT2D eigenvalue weighted by Gasteiger charge is -2.07. The van der Waals surface area contributed by atoms with Crippen molar-refractivity contribution in [2.24, 2.45) is 5.92 Å². The van der Waals surface area contributed by atoms with Gasteiger partial charge in [-0.15, -0.1) is 5.10 Å². The number of nitrogens with one attached hydrogen (secondary N) is 1. The maximum Gasteiger partial charge on any atom is 0.0969 e. The molecule has 1 heterocycles. The Morgan fingerprint density at radius 1 is 1.25 bits per heavy atom. The minimum atomic E-state index is 0.648. The van der Waals surface area contributed by atoms with Gasteiger partial charge in [0.15, 0.2) is 0 Å². The third-order valence-corrected chi connectivity index (χ3v) is 3.16. The summed E-state index contributed by atoms with van der Waals surface area (Å²) < 4.78 is 1.89. The second kappa shape index (κ2) is 7.20. The molecule has 0 aliphatic rings. The molecule has 4 heteroatoms. The van der Waals surface area contributed by atoms with Crippen LogP contribution in [-0.2, 0) is 13.0 Å². The monoisotopic (exact) mass is 272 g/mol. The zero-order valence-corrected chi connectivity index (χ0v) is 12.6. The van der Waals surface area contributed by atoms with Gasteiger partial charge in [0.25, 0.3) is 0 Å². The molecule has 1 aromatic carbocycles. The van der Waals surface area contributed by atoms with E-state index in [1.54, 1.807) is 0 Å². The molecule has 20 heavy (non-hydrogen) atoms. The van der Waals surface area contributed by atoms with E-state index < -0.39 is 0 Å². The Labute approximate surface area is 121 Å². The summed E-state index contributed by atoms with van der Waals surface area (Å²) in [4.78, 5) is 0. The average molecular weight is 272 g/mol. The minimum absolute atomic E-state index is 0.648. The Bertz CT molecular complexity index is 531. The zero-order valence-electron chi connectivity index (χ0n) is 12.6. The standard InChI is InChI=1S/C16H24N4/c1-4-7-14-8-5-6-9-16(14)20-12-15(18-19-20)11-17-10-13(2)3/h5-6,8-9,12-13,17H,4,7,10-11H2,1-3H3. The summed E-state index contributed by atoms with van der Waals surface area (Å²) >= 11 is 0. The van der Waals surface area contributed by atoms with E-state index in [2.05, 4.69) is 54.6 Å². The number of aromatic nitrogens is 3. The number of aryl methyl sites for hydroxylation is 1. The van der Waals surface area contributed by atoms with Gasteiger partial charge in [0.2, 0.25) is 0 Å². The van der Waals surface area contributed by atoms with E-state index in [4.69, 9.17) is 0 Å². The molecule has 0 saturated heterocycles. The lowest BCUT2D eigenvalue weighted by molar-refractivity contribution is 0.548. The molecule has 2 aromatic rings. The molecule has 0 saturated carbocycles. The van der Waals surface area contributed by atoms with Gasteiger partial charge in [0.1, 0.15) is 0 Å². The van der Waals surface area contributed by atoms with Crippen LogP contribution in [0, 0.1) is 5.92 Å². The number of hydrogen-bond donors (Lipinski definition) is 1. The molecule has 0 unspecified atom stereocenters. The molecule has 1 aromatic heterocycles. The summed E-state index contributed by atoms with van der Waals surface area (Å²) in [5, 5.41) is 11.9. The second-order valence-electron chi connectivity index (χ2n) is 5.56. The van der Waals surface area contributed by atoms with E-state index in [0.29, 0.717) is 5.92 Å². The van der Waals surface area contributed by atoms with E-state index in [9.17, 15) is 0 Å². The van der Waals surface area contributed by atoms with Crippen molar-refractivity contribution < 1.29 is 0 Å². The van der Waals surface area contributed by atoms with E-state index in [1.807, 2.05) is 16.9 Å².